The van der Waals surface area contributed by atoms with Gasteiger partial charge in [0.2, 0.25) is 15.5 Å². The number of nitrogens with one attached hydrogen (secondary N) is 2. The second-order valence-corrected chi connectivity index (χ2v) is 15.6. The molecule has 4 unspecified atom stereocenters. The lowest BCUT2D eigenvalue weighted by Gasteiger charge is -2.34. The number of rotatable bonds is 9. The maximum Gasteiger partial charge on any atom is 0.409 e. The van der Waals surface area contributed by atoms with Gasteiger partial charge in [-0.3, -0.25) is 9.59 Å². The average molecular weight is 828 g/mol. The van der Waals surface area contributed by atoms with Gasteiger partial charge in [-0.05, 0) is 72.8 Å². The van der Waals surface area contributed by atoms with Crippen molar-refractivity contribution in [2.45, 2.75) is 72.4 Å². The molecular weight excluding hydrogens is 791 g/mol. The van der Waals surface area contributed by atoms with Crippen molar-refractivity contribution in [1.82, 2.24) is 35.4 Å². The van der Waals surface area contributed by atoms with Crippen LogP contribution in [0, 0.1) is 18.7 Å². The Morgan fingerprint density at radius 1 is 1.22 bits per heavy atom. The van der Waals surface area contributed by atoms with E-state index in [1.807, 2.05) is 0 Å². The summed E-state index contributed by atoms with van der Waals surface area (Å²) in [6.07, 6.45) is -1.64. The van der Waals surface area contributed by atoms with Crippen molar-refractivity contribution in [3.63, 3.8) is 0 Å². The number of hydrogen-bond acceptors (Lipinski definition) is 8. The van der Waals surface area contributed by atoms with Crippen LogP contribution in [0.25, 0.3) is 11.0 Å². The summed E-state index contributed by atoms with van der Waals surface area (Å²) in [6, 6.07) is 1.85. The van der Waals surface area contributed by atoms with Gasteiger partial charge in [0.05, 0.1) is 37.2 Å². The van der Waals surface area contributed by atoms with Crippen LogP contribution in [0.3, 0.4) is 0 Å². The smallest absolute Gasteiger partial charge is 0.409 e. The summed E-state index contributed by atoms with van der Waals surface area (Å²) >= 11 is 1.31. The Hall–Kier alpha value is -3.15. The largest absolute Gasteiger partial charge is 0.453 e. The molecule has 1 aliphatic heterocycles. The third kappa shape index (κ3) is 7.21. The van der Waals surface area contributed by atoms with Gasteiger partial charge in [0.25, 0.3) is 5.91 Å². The van der Waals surface area contributed by atoms with Gasteiger partial charge in [-0.15, -0.1) is 0 Å². The summed E-state index contributed by atoms with van der Waals surface area (Å²) in [4.78, 5) is 49.1. The summed E-state index contributed by atoms with van der Waals surface area (Å²) in [7, 11) is 4.40. The van der Waals surface area contributed by atoms with Crippen molar-refractivity contribution in [3.8, 4) is 0 Å². The molecule has 0 radical (unpaired) electrons. The number of nitrogens with zero attached hydrogens (tertiary/aromatic N) is 5. The molecule has 3 amide bonds. The second kappa shape index (κ2) is 13.5. The number of aryl methyl sites for hydroxylation is 1. The summed E-state index contributed by atoms with van der Waals surface area (Å²) in [6.45, 7) is 1.62. The molecular formula is C30H36F5IN7O5P. The Bertz CT molecular complexity index is 1730. The number of aromatic amines is 1. The highest BCUT2D eigenvalue weighted by atomic mass is 127. The molecule has 3 heterocycles. The molecule has 2 aliphatic rings. The molecule has 2 N–H and O–H groups in total. The Morgan fingerprint density at radius 2 is 1.90 bits per heavy atom. The number of fused-ring (bicyclic) bond motifs is 1. The lowest BCUT2D eigenvalue weighted by atomic mass is 9.77. The molecule has 5 atom stereocenters. The number of ether oxygens (including phenoxy) is 1. The lowest BCUT2D eigenvalue weighted by Crippen LogP contribution is -2.47. The predicted molar refractivity (Wildman–Crippen MR) is 177 cm³/mol. The zero-order chi connectivity index (χ0) is 36.1. The van der Waals surface area contributed by atoms with Crippen LogP contribution in [-0.4, -0.2) is 96.8 Å². The topological polar surface area (TPSA) is 147 Å². The van der Waals surface area contributed by atoms with Crippen molar-refractivity contribution in [2.24, 2.45) is 5.92 Å². The number of likely N-dealkylation sites (tertiary alicyclic amines) is 1. The van der Waals surface area contributed by atoms with Crippen LogP contribution in [0.2, 0.25) is 0 Å². The maximum atomic E-state index is 16.7. The SMILES string of the molecule is COC(=O)N(C)CCC(C)(C(=O)N1CC(F)(P)C(F)(I)C1)c1ccc2[nH]c([C@@H](NC(=O)c3nonc3C)C3CCC(F)(F)CC3)nc2c1F. The van der Waals surface area contributed by atoms with E-state index >= 15 is 13.2 Å². The number of H-pyrrole nitrogens is 1. The molecule has 1 saturated heterocycles. The number of carbonyl (C=O) groups excluding carboxylic acids is 3. The van der Waals surface area contributed by atoms with Gasteiger partial charge in [0.15, 0.2) is 16.9 Å². The van der Waals surface area contributed by atoms with E-state index < -0.39 is 82.0 Å². The number of alkyl halides is 5. The van der Waals surface area contributed by atoms with Gasteiger partial charge in [-0.1, -0.05) is 20.5 Å². The maximum absolute atomic E-state index is 16.7. The standard InChI is InChI=1S/C30H36F5IN7O5P/c1-15-20(41-48-40-15)24(44)39-21(16-7-9-28(32,33)10-8-16)23-37-18-6-5-17(19(31)22(18)38-23)27(2,11-12-42(3)26(46)47-4)25(45)43-13-29(34,36)30(35,49)14-43/h5-6,16,21H,7-14,49H2,1-4H3,(H,37,38)(H,39,44)/t21-,27?,29?,30?/m0/s1. The fourth-order valence-electron chi connectivity index (χ4n) is 6.40. The summed E-state index contributed by atoms with van der Waals surface area (Å²) in [5.74, 6) is -5.68. The predicted octanol–water partition coefficient (Wildman–Crippen LogP) is 5.52. The van der Waals surface area contributed by atoms with Crippen LogP contribution in [0.1, 0.15) is 72.6 Å². The van der Waals surface area contributed by atoms with Crippen LogP contribution in [0.5, 0.6) is 0 Å². The molecule has 49 heavy (non-hydrogen) atoms. The molecule has 2 fully saturated rings. The summed E-state index contributed by atoms with van der Waals surface area (Å²) < 4.78 is 82.2. The van der Waals surface area contributed by atoms with Gasteiger partial charge in [-0.2, -0.15) is 0 Å². The third-order valence-corrected chi connectivity index (χ3v) is 12.0. The zero-order valence-corrected chi connectivity index (χ0v) is 30.4. The van der Waals surface area contributed by atoms with Crippen molar-refractivity contribution in [3.05, 3.63) is 40.7 Å². The number of methoxy groups -OCH3 is 1. The molecule has 1 saturated carbocycles. The van der Waals surface area contributed by atoms with E-state index in [1.54, 1.807) is 9.24 Å². The Kier molecular flexibility index (Phi) is 10.2. The summed E-state index contributed by atoms with van der Waals surface area (Å²) in [5, 5.41) is 7.53. The number of aromatic nitrogens is 4. The van der Waals surface area contributed by atoms with Gasteiger partial charge in [0, 0.05) is 32.0 Å². The molecule has 268 valence electrons. The van der Waals surface area contributed by atoms with E-state index in [4.69, 9.17) is 4.74 Å². The highest BCUT2D eigenvalue weighted by molar-refractivity contribution is 14.1. The Morgan fingerprint density at radius 3 is 2.47 bits per heavy atom. The molecule has 12 nitrogen and oxygen atoms in total. The number of halogens is 6. The van der Waals surface area contributed by atoms with E-state index in [0.717, 1.165) is 4.90 Å². The highest BCUT2D eigenvalue weighted by Gasteiger charge is 2.59. The number of amides is 3. The number of benzene rings is 1. The molecule has 19 heteroatoms. The van der Waals surface area contributed by atoms with E-state index in [0.29, 0.717) is 0 Å². The first-order valence-corrected chi connectivity index (χ1v) is 17.1. The lowest BCUT2D eigenvalue weighted by molar-refractivity contribution is -0.136. The molecule has 3 aromatic rings. The van der Waals surface area contributed by atoms with Crippen molar-refractivity contribution in [1.29, 1.82) is 0 Å². The van der Waals surface area contributed by atoms with Gasteiger partial charge in [0.1, 0.15) is 17.0 Å². The Labute approximate surface area is 293 Å². The molecule has 2 aromatic heterocycles. The van der Waals surface area contributed by atoms with Crippen LogP contribution in [0.15, 0.2) is 16.8 Å². The van der Waals surface area contributed by atoms with Gasteiger partial charge in [-0.25, -0.2) is 36.4 Å². The normalized spacial score (nSPS) is 24.4. The first-order valence-electron chi connectivity index (χ1n) is 15.4. The monoisotopic (exact) mass is 827 g/mol. The molecule has 0 bridgehead atoms. The number of carbonyl (C=O) groups is 3. The minimum Gasteiger partial charge on any atom is -0.453 e. The van der Waals surface area contributed by atoms with Crippen molar-refractivity contribution in [2.75, 3.05) is 33.8 Å². The summed E-state index contributed by atoms with van der Waals surface area (Å²) in [5.41, 5.74) is -1.85. The van der Waals surface area contributed by atoms with Crippen LogP contribution < -0.4 is 5.32 Å². The third-order valence-electron chi connectivity index (χ3n) is 9.50. The molecule has 5 rings (SSSR count). The molecule has 1 aromatic carbocycles. The van der Waals surface area contributed by atoms with Crippen molar-refractivity contribution >= 4 is 60.8 Å². The van der Waals surface area contributed by atoms with Crippen LogP contribution in [0.4, 0.5) is 26.7 Å². The van der Waals surface area contributed by atoms with Crippen LogP contribution >= 0.6 is 31.8 Å². The first-order chi connectivity index (χ1) is 22.8. The molecule has 1 aliphatic carbocycles. The average Bonchev–Trinajstić information content (AvgIpc) is 3.73. The quantitative estimate of drug-likeness (QED) is 0.124. The van der Waals surface area contributed by atoms with Crippen molar-refractivity contribution < 1.29 is 45.7 Å². The first kappa shape index (κ1) is 37.1. The van der Waals surface area contributed by atoms with Gasteiger partial charge < -0.3 is 24.8 Å². The van der Waals surface area contributed by atoms with Gasteiger partial charge >= 0.3 is 6.09 Å². The fraction of sp³-hybridized carbons (Fsp3) is 0.600. The van der Waals surface area contributed by atoms with E-state index in [-0.39, 0.29) is 59.6 Å². The van der Waals surface area contributed by atoms with E-state index in [2.05, 4.69) is 30.2 Å². The number of hydrogen-bond donors (Lipinski definition) is 2. The minimum atomic E-state index is -2.86. The highest BCUT2D eigenvalue weighted by Crippen LogP contribution is 2.49. The second-order valence-electron chi connectivity index (χ2n) is 13.0. The van der Waals surface area contributed by atoms with Crippen LogP contribution in [-0.2, 0) is 14.9 Å². The molecule has 0 spiro atoms. The van der Waals surface area contributed by atoms with E-state index in [9.17, 15) is 23.2 Å². The fourth-order valence-corrected chi connectivity index (χ4v) is 7.29. The number of imidazole rings is 1. The zero-order valence-electron chi connectivity index (χ0n) is 27.1. The minimum absolute atomic E-state index is 0.0353. The van der Waals surface area contributed by atoms with E-state index in [1.165, 1.54) is 67.6 Å². The Balaban J connectivity index is 1.55.